The molecule has 0 unspecified atom stereocenters. The summed E-state index contributed by atoms with van der Waals surface area (Å²) >= 11 is 7.81. The lowest BCUT2D eigenvalue weighted by Crippen LogP contribution is -2.15. The minimum Gasteiger partial charge on any atom is -0.289 e. The molecule has 0 amide bonds. The molecule has 4 heterocycles. The molecule has 3 nitrogen and oxygen atoms in total. The second-order valence-corrected chi connectivity index (χ2v) is 17.0. The smallest absolute Gasteiger partial charge is 0.194 e. The van der Waals surface area contributed by atoms with E-state index in [2.05, 4.69) is 46.8 Å². The lowest BCUT2D eigenvalue weighted by atomic mass is 9.82. The van der Waals surface area contributed by atoms with Gasteiger partial charge in [0, 0.05) is 47.0 Å². The van der Waals surface area contributed by atoms with Gasteiger partial charge >= 0.3 is 0 Å². The summed E-state index contributed by atoms with van der Waals surface area (Å²) in [5.41, 5.74) is 8.05. The summed E-state index contributed by atoms with van der Waals surface area (Å²) in [5, 5.41) is 19.2. The Kier molecular flexibility index (Phi) is 5.63. The number of fused-ring (bicyclic) bond motifs is 10. The fourth-order valence-corrected chi connectivity index (χ4v) is 13.6. The Bertz CT molecular complexity index is 2230. The first-order valence-electron chi connectivity index (χ1n) is 14.3. The highest BCUT2D eigenvalue weighted by Crippen LogP contribution is 2.65. The minimum atomic E-state index is -0.105. The van der Waals surface area contributed by atoms with Crippen LogP contribution in [0.5, 0.6) is 0 Å². The van der Waals surface area contributed by atoms with Gasteiger partial charge in [-0.15, -0.1) is 45.3 Å². The van der Waals surface area contributed by atoms with Gasteiger partial charge in [-0.25, -0.2) is 0 Å². The zero-order chi connectivity index (χ0) is 30.0. The van der Waals surface area contributed by atoms with E-state index in [0.717, 1.165) is 6.42 Å². The molecule has 0 atom stereocenters. The second-order valence-electron chi connectivity index (χ2n) is 12.6. The lowest BCUT2D eigenvalue weighted by molar-refractivity contribution is 0.104. The number of hydrogen-bond acceptors (Lipinski definition) is 7. The van der Waals surface area contributed by atoms with E-state index in [9.17, 15) is 15.3 Å². The Morgan fingerprint density at radius 2 is 1.40 bits per heavy atom. The normalized spacial score (nSPS) is 17.5. The van der Waals surface area contributed by atoms with Crippen molar-refractivity contribution in [3.8, 4) is 31.6 Å². The summed E-state index contributed by atoms with van der Waals surface area (Å²) in [7, 11) is 0. The maximum atomic E-state index is 13.3. The third-order valence-electron chi connectivity index (χ3n) is 9.34. The summed E-state index contributed by atoms with van der Waals surface area (Å²) in [6.45, 7) is 11.7. The highest BCUT2D eigenvalue weighted by atomic mass is 32.1. The van der Waals surface area contributed by atoms with Crippen LogP contribution in [0.4, 0.5) is 0 Å². The van der Waals surface area contributed by atoms with Crippen LogP contribution in [0.3, 0.4) is 0 Å². The molecule has 0 radical (unpaired) electrons. The molecule has 5 aromatic rings. The highest BCUT2D eigenvalue weighted by molar-refractivity contribution is 7.34. The fraction of sp³-hybridized carbons (Fsp3) is 0.250. The molecule has 0 aliphatic heterocycles. The first-order valence-corrected chi connectivity index (χ1v) is 17.6. The van der Waals surface area contributed by atoms with Gasteiger partial charge in [0.1, 0.15) is 17.7 Å². The van der Waals surface area contributed by atoms with Gasteiger partial charge in [-0.1, -0.05) is 58.0 Å². The van der Waals surface area contributed by atoms with Gasteiger partial charge in [-0.05, 0) is 59.7 Å². The Morgan fingerprint density at radius 3 is 2.02 bits per heavy atom. The third-order valence-corrected chi connectivity index (χ3v) is 14.5. The molecule has 43 heavy (non-hydrogen) atoms. The SMILES string of the molecule is Cc1cc2c(s1)-c1sc3c4c(sc3c1C2(C)C)-c1sc(CC/C=C2\C(=O)c3ccccc3C2=C(C#N)C#N)cc1C4(C)C. The van der Waals surface area contributed by atoms with Crippen LogP contribution in [0, 0.1) is 29.6 Å². The van der Waals surface area contributed by atoms with E-state index < -0.39 is 0 Å². The van der Waals surface area contributed by atoms with Crippen molar-refractivity contribution in [2.75, 3.05) is 0 Å². The molecule has 7 heteroatoms. The topological polar surface area (TPSA) is 64.7 Å². The number of ketones is 1. The summed E-state index contributed by atoms with van der Waals surface area (Å²) in [6.07, 6.45) is 3.40. The Labute approximate surface area is 266 Å². The average Bonchev–Trinajstić information content (AvgIpc) is 3.80. The minimum absolute atomic E-state index is 0.00793. The molecule has 0 fully saturated rings. The number of nitrogens with zero attached hydrogens (tertiary/aromatic N) is 2. The number of benzene rings is 1. The van der Waals surface area contributed by atoms with Gasteiger partial charge in [-0.3, -0.25) is 4.79 Å². The number of carbonyl (C=O) groups excluding carboxylic acids is 1. The Morgan fingerprint density at radius 1 is 0.814 bits per heavy atom. The number of rotatable bonds is 3. The standard InChI is InChI=1S/C36H26N2OS4/c1-17-13-23-29(40-17)31-26(35(23,2)3)33-34(42-31)27-32(43-33)30-24(36(27,4)5)14-19(41-30)9-8-12-22-25(18(15-37)16-38)20-10-6-7-11-21(20)28(22)39/h6-7,10-14H,8-9H2,1-5H3/b22-12-. The summed E-state index contributed by atoms with van der Waals surface area (Å²) in [5.74, 6) is -0.105. The van der Waals surface area contributed by atoms with Crippen molar-refractivity contribution in [1.29, 1.82) is 10.5 Å². The van der Waals surface area contributed by atoms with Crippen molar-refractivity contribution in [2.24, 2.45) is 0 Å². The van der Waals surface area contributed by atoms with Crippen molar-refractivity contribution in [1.82, 2.24) is 0 Å². The van der Waals surface area contributed by atoms with Gasteiger partial charge < -0.3 is 0 Å². The number of allylic oxidation sites excluding steroid dienone is 4. The maximum absolute atomic E-state index is 13.3. The molecule has 210 valence electrons. The van der Waals surface area contributed by atoms with Gasteiger partial charge in [0.05, 0.1) is 19.2 Å². The summed E-state index contributed by atoms with van der Waals surface area (Å²) in [4.78, 5) is 21.7. The van der Waals surface area contributed by atoms with Crippen molar-refractivity contribution < 1.29 is 4.79 Å². The first-order chi connectivity index (χ1) is 20.6. The van der Waals surface area contributed by atoms with Crippen LogP contribution in [0.25, 0.3) is 34.5 Å². The number of nitriles is 2. The molecule has 8 rings (SSSR count). The van der Waals surface area contributed by atoms with Gasteiger partial charge in [0.25, 0.3) is 0 Å². The van der Waals surface area contributed by atoms with Crippen LogP contribution in [0.1, 0.15) is 82.0 Å². The first kappa shape index (κ1) is 27.0. The molecular formula is C36H26N2OS4. The predicted octanol–water partition coefficient (Wildman–Crippen LogP) is 10.6. The Hall–Kier alpha value is -3.59. The zero-order valence-electron chi connectivity index (χ0n) is 24.4. The van der Waals surface area contributed by atoms with E-state index in [1.165, 1.54) is 60.9 Å². The van der Waals surface area contributed by atoms with Gasteiger partial charge in [0.15, 0.2) is 5.78 Å². The molecule has 4 aromatic heterocycles. The number of aryl methyl sites for hydroxylation is 2. The quantitative estimate of drug-likeness (QED) is 0.147. The monoisotopic (exact) mass is 630 g/mol. The molecule has 3 aliphatic carbocycles. The van der Waals surface area contributed by atoms with E-state index >= 15 is 0 Å². The maximum Gasteiger partial charge on any atom is 0.194 e. The van der Waals surface area contributed by atoms with Gasteiger partial charge in [0.2, 0.25) is 0 Å². The summed E-state index contributed by atoms with van der Waals surface area (Å²) < 4.78 is 2.94. The van der Waals surface area contributed by atoms with Crippen LogP contribution in [0.15, 0.2) is 53.6 Å². The largest absolute Gasteiger partial charge is 0.289 e. The Balaban J connectivity index is 1.15. The van der Waals surface area contributed by atoms with Crippen LogP contribution in [-0.2, 0) is 17.3 Å². The highest BCUT2D eigenvalue weighted by Gasteiger charge is 2.46. The van der Waals surface area contributed by atoms with Crippen molar-refractivity contribution in [3.05, 3.63) is 96.8 Å². The van der Waals surface area contributed by atoms with Gasteiger partial charge in [-0.2, -0.15) is 10.5 Å². The summed E-state index contributed by atoms with van der Waals surface area (Å²) in [6, 6.07) is 16.0. The average molecular weight is 631 g/mol. The molecule has 0 saturated heterocycles. The molecule has 0 spiro atoms. The number of hydrogen-bond donors (Lipinski definition) is 0. The van der Waals surface area contributed by atoms with E-state index in [1.54, 1.807) is 6.07 Å². The van der Waals surface area contributed by atoms with E-state index in [4.69, 9.17) is 0 Å². The molecule has 0 N–H and O–H groups in total. The number of carbonyl (C=O) groups is 1. The fourth-order valence-electron chi connectivity index (χ4n) is 7.27. The van der Waals surface area contributed by atoms with Crippen LogP contribution >= 0.6 is 45.3 Å². The van der Waals surface area contributed by atoms with E-state index in [-0.39, 0.29) is 22.2 Å². The number of thiophene rings is 4. The molecule has 3 aliphatic rings. The molecule has 1 aromatic carbocycles. The predicted molar refractivity (Wildman–Crippen MR) is 181 cm³/mol. The van der Waals surface area contributed by atoms with E-state index in [1.807, 2.05) is 81.8 Å². The van der Waals surface area contributed by atoms with Crippen LogP contribution < -0.4 is 0 Å². The second kappa shape index (κ2) is 8.97. The molecular weight excluding hydrogens is 605 g/mol. The molecule has 0 bridgehead atoms. The van der Waals surface area contributed by atoms with Crippen LogP contribution in [-0.4, -0.2) is 5.78 Å². The van der Waals surface area contributed by atoms with Crippen molar-refractivity contribution >= 4 is 66.1 Å². The third kappa shape index (κ3) is 3.45. The van der Waals surface area contributed by atoms with Crippen molar-refractivity contribution in [2.45, 2.75) is 58.3 Å². The number of Topliss-reactive ketones (excluding diaryl/α,β-unsaturated/α-hetero) is 1. The molecule has 0 saturated carbocycles. The van der Waals surface area contributed by atoms with Crippen LogP contribution in [0.2, 0.25) is 0 Å². The lowest BCUT2D eigenvalue weighted by Gasteiger charge is -2.20. The van der Waals surface area contributed by atoms with E-state index in [0.29, 0.717) is 28.7 Å². The van der Waals surface area contributed by atoms with Crippen molar-refractivity contribution in [3.63, 3.8) is 0 Å². The zero-order valence-corrected chi connectivity index (χ0v) is 27.7.